The summed E-state index contributed by atoms with van der Waals surface area (Å²) in [5, 5.41) is 3.15. The van der Waals surface area contributed by atoms with Crippen LogP contribution in [0.4, 0.5) is 0 Å². The average Bonchev–Trinajstić information content (AvgIpc) is 2.47. The fourth-order valence-corrected chi connectivity index (χ4v) is 2.54. The fraction of sp³-hybridized carbons (Fsp3) is 0.562. The SMILES string of the molecule is CCC(C)(CCN)NC(=O)C1COc2ccccc2C1. The summed E-state index contributed by atoms with van der Waals surface area (Å²) in [5.74, 6) is 0.850. The van der Waals surface area contributed by atoms with Crippen molar-refractivity contribution in [2.24, 2.45) is 11.7 Å². The molecule has 1 heterocycles. The summed E-state index contributed by atoms with van der Waals surface area (Å²) in [5.41, 5.74) is 6.52. The van der Waals surface area contributed by atoms with Crippen molar-refractivity contribution in [1.82, 2.24) is 5.32 Å². The molecule has 0 spiro atoms. The molecule has 0 aliphatic carbocycles. The number of para-hydroxylation sites is 1. The quantitative estimate of drug-likeness (QED) is 0.863. The van der Waals surface area contributed by atoms with Crippen molar-refractivity contribution in [2.45, 2.75) is 38.6 Å². The molecule has 110 valence electrons. The van der Waals surface area contributed by atoms with Crippen LogP contribution in [0.3, 0.4) is 0 Å². The number of carbonyl (C=O) groups excluding carboxylic acids is 1. The third kappa shape index (κ3) is 3.31. The van der Waals surface area contributed by atoms with Gasteiger partial charge in [0.2, 0.25) is 5.91 Å². The minimum Gasteiger partial charge on any atom is -0.492 e. The van der Waals surface area contributed by atoms with Gasteiger partial charge in [0.05, 0.1) is 5.92 Å². The van der Waals surface area contributed by atoms with E-state index in [2.05, 4.69) is 19.2 Å². The number of rotatable bonds is 5. The van der Waals surface area contributed by atoms with Gasteiger partial charge in [0.25, 0.3) is 0 Å². The second-order valence-electron chi connectivity index (χ2n) is 5.76. The van der Waals surface area contributed by atoms with E-state index >= 15 is 0 Å². The molecule has 4 nitrogen and oxygen atoms in total. The Hall–Kier alpha value is -1.55. The van der Waals surface area contributed by atoms with Crippen molar-refractivity contribution in [3.05, 3.63) is 29.8 Å². The summed E-state index contributed by atoms with van der Waals surface area (Å²) in [4.78, 5) is 12.4. The molecule has 0 saturated carbocycles. The highest BCUT2D eigenvalue weighted by Crippen LogP contribution is 2.27. The highest BCUT2D eigenvalue weighted by Gasteiger charge is 2.30. The van der Waals surface area contributed by atoms with E-state index in [1.54, 1.807) is 0 Å². The Morgan fingerprint density at radius 2 is 2.25 bits per heavy atom. The molecule has 0 bridgehead atoms. The Morgan fingerprint density at radius 3 is 2.95 bits per heavy atom. The monoisotopic (exact) mass is 276 g/mol. The van der Waals surface area contributed by atoms with Crippen molar-refractivity contribution in [3.63, 3.8) is 0 Å². The summed E-state index contributed by atoms with van der Waals surface area (Å²) in [6, 6.07) is 7.91. The Labute approximate surface area is 120 Å². The van der Waals surface area contributed by atoms with Crippen molar-refractivity contribution in [2.75, 3.05) is 13.2 Å². The lowest BCUT2D eigenvalue weighted by Gasteiger charge is -2.32. The Kier molecular flexibility index (Phi) is 4.65. The molecular formula is C16H24N2O2. The van der Waals surface area contributed by atoms with Crippen LogP contribution in [0.5, 0.6) is 5.75 Å². The number of carbonyl (C=O) groups is 1. The molecule has 3 N–H and O–H groups in total. The van der Waals surface area contributed by atoms with E-state index in [9.17, 15) is 4.79 Å². The molecule has 2 unspecified atom stereocenters. The predicted octanol–water partition coefficient (Wildman–Crippen LogP) is 1.87. The van der Waals surface area contributed by atoms with Gasteiger partial charge in [-0.3, -0.25) is 4.79 Å². The standard InChI is InChI=1S/C16H24N2O2/c1-3-16(2,8-9-17)18-15(19)13-10-12-6-4-5-7-14(12)20-11-13/h4-7,13H,3,8-11,17H2,1-2H3,(H,18,19). The normalized spacial score (nSPS) is 20.4. The van der Waals surface area contributed by atoms with Gasteiger partial charge in [-0.25, -0.2) is 0 Å². The second-order valence-corrected chi connectivity index (χ2v) is 5.76. The summed E-state index contributed by atoms with van der Waals surface area (Å²) < 4.78 is 5.68. The predicted molar refractivity (Wildman–Crippen MR) is 79.6 cm³/mol. The van der Waals surface area contributed by atoms with Crippen molar-refractivity contribution < 1.29 is 9.53 Å². The number of hydrogen-bond acceptors (Lipinski definition) is 3. The van der Waals surface area contributed by atoms with Gasteiger partial charge in [-0.2, -0.15) is 0 Å². The summed E-state index contributed by atoms with van der Waals surface area (Å²) >= 11 is 0. The van der Waals surface area contributed by atoms with Gasteiger partial charge in [-0.05, 0) is 44.4 Å². The number of nitrogens with one attached hydrogen (secondary N) is 1. The third-order valence-corrected chi connectivity index (χ3v) is 4.15. The first kappa shape index (κ1) is 14.9. The molecule has 0 aromatic heterocycles. The highest BCUT2D eigenvalue weighted by atomic mass is 16.5. The Bertz CT molecular complexity index is 475. The van der Waals surface area contributed by atoms with Crippen LogP contribution in [0.2, 0.25) is 0 Å². The largest absolute Gasteiger partial charge is 0.492 e. The van der Waals surface area contributed by atoms with Crippen molar-refractivity contribution in [1.29, 1.82) is 0 Å². The van der Waals surface area contributed by atoms with Crippen LogP contribution >= 0.6 is 0 Å². The summed E-state index contributed by atoms with van der Waals surface area (Å²) in [6.07, 6.45) is 2.41. The number of nitrogens with two attached hydrogens (primary N) is 1. The van der Waals surface area contributed by atoms with E-state index in [0.717, 1.165) is 30.6 Å². The van der Waals surface area contributed by atoms with E-state index in [1.165, 1.54) is 0 Å². The molecule has 0 fully saturated rings. The lowest BCUT2D eigenvalue weighted by atomic mass is 9.91. The second kappa shape index (κ2) is 6.27. The molecular weight excluding hydrogens is 252 g/mol. The number of hydrogen-bond donors (Lipinski definition) is 2. The van der Waals surface area contributed by atoms with Crippen LogP contribution < -0.4 is 15.8 Å². The lowest BCUT2D eigenvalue weighted by molar-refractivity contribution is -0.128. The van der Waals surface area contributed by atoms with Crippen molar-refractivity contribution >= 4 is 5.91 Å². The van der Waals surface area contributed by atoms with Gasteiger partial charge in [0.1, 0.15) is 12.4 Å². The molecule has 4 heteroatoms. The number of ether oxygens (including phenoxy) is 1. The third-order valence-electron chi connectivity index (χ3n) is 4.15. The first-order chi connectivity index (χ1) is 9.58. The zero-order valence-electron chi connectivity index (χ0n) is 12.3. The van der Waals surface area contributed by atoms with E-state index in [4.69, 9.17) is 10.5 Å². The zero-order chi connectivity index (χ0) is 14.6. The fourth-order valence-electron chi connectivity index (χ4n) is 2.54. The summed E-state index contributed by atoms with van der Waals surface area (Å²) in [7, 11) is 0. The molecule has 20 heavy (non-hydrogen) atoms. The molecule has 2 atom stereocenters. The number of fused-ring (bicyclic) bond motifs is 1. The van der Waals surface area contributed by atoms with Gasteiger partial charge in [0.15, 0.2) is 0 Å². The minimum atomic E-state index is -0.219. The maximum absolute atomic E-state index is 12.4. The molecule has 1 aromatic carbocycles. The molecule has 1 aliphatic heterocycles. The molecule has 0 radical (unpaired) electrons. The smallest absolute Gasteiger partial charge is 0.227 e. The van der Waals surface area contributed by atoms with Gasteiger partial charge >= 0.3 is 0 Å². The highest BCUT2D eigenvalue weighted by molar-refractivity contribution is 5.80. The average molecular weight is 276 g/mol. The van der Waals surface area contributed by atoms with E-state index in [0.29, 0.717) is 13.2 Å². The summed E-state index contributed by atoms with van der Waals surface area (Å²) in [6.45, 7) is 5.15. The molecule has 2 rings (SSSR count). The Morgan fingerprint density at radius 1 is 1.50 bits per heavy atom. The maximum Gasteiger partial charge on any atom is 0.227 e. The Balaban J connectivity index is 2.01. The van der Waals surface area contributed by atoms with E-state index < -0.39 is 0 Å². The number of benzene rings is 1. The van der Waals surface area contributed by atoms with Crippen LogP contribution in [0.15, 0.2) is 24.3 Å². The van der Waals surface area contributed by atoms with Gasteiger partial charge in [-0.1, -0.05) is 25.1 Å². The first-order valence-electron chi connectivity index (χ1n) is 7.31. The van der Waals surface area contributed by atoms with Crippen molar-refractivity contribution in [3.8, 4) is 5.75 Å². The van der Waals surface area contributed by atoms with Crippen LogP contribution in [0.25, 0.3) is 0 Å². The lowest BCUT2D eigenvalue weighted by Crippen LogP contribution is -2.50. The van der Waals surface area contributed by atoms with Crippen LogP contribution in [-0.2, 0) is 11.2 Å². The number of amides is 1. The zero-order valence-corrected chi connectivity index (χ0v) is 12.3. The maximum atomic E-state index is 12.4. The van der Waals surface area contributed by atoms with E-state index in [-0.39, 0.29) is 17.4 Å². The topological polar surface area (TPSA) is 64.3 Å². The molecule has 1 amide bonds. The van der Waals surface area contributed by atoms with Gasteiger partial charge in [-0.15, -0.1) is 0 Å². The van der Waals surface area contributed by atoms with Crippen LogP contribution in [0.1, 0.15) is 32.3 Å². The van der Waals surface area contributed by atoms with Crippen LogP contribution in [-0.4, -0.2) is 24.6 Å². The molecule has 1 aliphatic rings. The van der Waals surface area contributed by atoms with Gasteiger partial charge in [0, 0.05) is 5.54 Å². The van der Waals surface area contributed by atoms with E-state index in [1.807, 2.05) is 24.3 Å². The minimum absolute atomic E-state index is 0.0669. The van der Waals surface area contributed by atoms with Gasteiger partial charge < -0.3 is 15.8 Å². The van der Waals surface area contributed by atoms with Crippen LogP contribution in [0, 0.1) is 5.92 Å². The molecule has 0 saturated heterocycles. The molecule has 1 aromatic rings. The first-order valence-corrected chi connectivity index (χ1v) is 7.31.